The first-order chi connectivity index (χ1) is 8.24. The summed E-state index contributed by atoms with van der Waals surface area (Å²) in [5, 5.41) is 0. The van der Waals surface area contributed by atoms with Crippen LogP contribution in [0, 0.1) is 13.8 Å². The van der Waals surface area contributed by atoms with Crippen molar-refractivity contribution in [1.29, 1.82) is 0 Å². The van der Waals surface area contributed by atoms with E-state index in [1.54, 1.807) is 9.24 Å². The van der Waals surface area contributed by atoms with Crippen molar-refractivity contribution in [3.05, 3.63) is 9.49 Å². The first kappa shape index (κ1) is 15.5. The van der Waals surface area contributed by atoms with Crippen molar-refractivity contribution in [2.45, 2.75) is 70.3 Å². The Morgan fingerprint density at radius 2 is 1.65 bits per heavy atom. The highest BCUT2D eigenvalue weighted by molar-refractivity contribution is 8.02. The molecule has 0 aliphatic heterocycles. The second kappa shape index (κ2) is 9.42. The normalized spacial score (nSPS) is 11.5. The Kier molecular flexibility index (Phi) is 8.61. The zero-order valence-electron chi connectivity index (χ0n) is 11.4. The fourth-order valence-electron chi connectivity index (χ4n) is 1.87. The van der Waals surface area contributed by atoms with Gasteiger partial charge in [-0.15, -0.1) is 23.1 Å². The lowest BCUT2D eigenvalue weighted by molar-refractivity contribution is 0.603. The van der Waals surface area contributed by atoms with Gasteiger partial charge in [0.15, 0.2) is 0 Å². The molecule has 3 heteroatoms. The second-order valence-corrected chi connectivity index (χ2v) is 9.04. The molecule has 0 aromatic carbocycles. The van der Waals surface area contributed by atoms with E-state index in [0.717, 1.165) is 0 Å². The quantitative estimate of drug-likeness (QED) is 0.356. The van der Waals surface area contributed by atoms with Crippen LogP contribution in [0.5, 0.6) is 0 Å². The highest BCUT2D eigenvalue weighted by Gasteiger charge is 2.03. The molecule has 0 saturated heterocycles. The molecule has 0 aliphatic rings. The predicted molar refractivity (Wildman–Crippen MR) is 85.0 cm³/mol. The Bertz CT molecular complexity index is 307. The molecular formula is C14H25PS2. The third-order valence-electron chi connectivity index (χ3n) is 2.85. The Balaban J connectivity index is 1.99. The van der Waals surface area contributed by atoms with Crippen LogP contribution in [0.25, 0.3) is 0 Å². The maximum absolute atomic E-state index is 2.28. The van der Waals surface area contributed by atoms with Crippen LogP contribution in [0.4, 0.5) is 0 Å². The monoisotopic (exact) mass is 288 g/mol. The van der Waals surface area contributed by atoms with E-state index in [1.807, 2.05) is 11.3 Å². The maximum Gasteiger partial charge on any atom is 0.0484 e. The van der Waals surface area contributed by atoms with Crippen molar-refractivity contribution in [2.24, 2.45) is 0 Å². The van der Waals surface area contributed by atoms with Crippen LogP contribution in [0.1, 0.15) is 61.4 Å². The maximum atomic E-state index is 2.28. The largest absolute Gasteiger partial charge is 0.139 e. The molecule has 0 aliphatic carbocycles. The molecule has 0 amide bonds. The van der Waals surface area contributed by atoms with Gasteiger partial charge in [-0.25, -0.2) is 0 Å². The summed E-state index contributed by atoms with van der Waals surface area (Å²) in [5.74, 6) is 1.32. The standard InChI is InChI=1S/C14H25PS2/c1-4-5-6-7-8-9-10-11-16-14-12(2)17-13(3)15-14/h4-11H2,1-3H3. The highest BCUT2D eigenvalue weighted by Crippen LogP contribution is 2.39. The zero-order valence-corrected chi connectivity index (χ0v) is 13.9. The summed E-state index contributed by atoms with van der Waals surface area (Å²) < 4.78 is 3.16. The summed E-state index contributed by atoms with van der Waals surface area (Å²) in [5.41, 5.74) is 0. The van der Waals surface area contributed by atoms with E-state index < -0.39 is 0 Å². The minimum atomic E-state index is 1.32. The van der Waals surface area contributed by atoms with E-state index in [-0.39, 0.29) is 0 Å². The molecule has 0 unspecified atom stereocenters. The van der Waals surface area contributed by atoms with Crippen LogP contribution in [-0.2, 0) is 0 Å². The number of hydrogen-bond acceptors (Lipinski definition) is 2. The van der Waals surface area contributed by atoms with E-state index in [0.29, 0.717) is 0 Å². The lowest BCUT2D eigenvalue weighted by atomic mass is 10.1. The van der Waals surface area contributed by atoms with Crippen LogP contribution in [0.15, 0.2) is 4.63 Å². The van der Waals surface area contributed by atoms with Gasteiger partial charge in [0.25, 0.3) is 0 Å². The molecule has 1 heterocycles. The van der Waals surface area contributed by atoms with Gasteiger partial charge >= 0.3 is 0 Å². The van der Waals surface area contributed by atoms with Gasteiger partial charge in [0.1, 0.15) is 0 Å². The topological polar surface area (TPSA) is 0 Å². The van der Waals surface area contributed by atoms with E-state index >= 15 is 0 Å². The van der Waals surface area contributed by atoms with Crippen molar-refractivity contribution in [2.75, 3.05) is 5.75 Å². The van der Waals surface area contributed by atoms with Gasteiger partial charge in [0, 0.05) is 14.1 Å². The molecular weight excluding hydrogens is 263 g/mol. The minimum Gasteiger partial charge on any atom is -0.139 e. The van der Waals surface area contributed by atoms with Gasteiger partial charge < -0.3 is 0 Å². The Labute approximate surface area is 117 Å². The number of rotatable bonds is 9. The predicted octanol–water partition coefficient (Wildman–Crippen LogP) is 6.79. The summed E-state index contributed by atoms with van der Waals surface area (Å²) >= 11 is 4.06. The summed E-state index contributed by atoms with van der Waals surface area (Å²) in [6.07, 6.45) is 9.93. The molecule has 0 N–H and O–H groups in total. The zero-order chi connectivity index (χ0) is 12.5. The number of hydrogen-bond donors (Lipinski definition) is 0. The molecule has 1 rings (SSSR count). The van der Waals surface area contributed by atoms with E-state index in [4.69, 9.17) is 0 Å². The number of unbranched alkanes of at least 4 members (excludes halogenated alkanes) is 6. The Morgan fingerprint density at radius 1 is 1.00 bits per heavy atom. The molecule has 98 valence electrons. The van der Waals surface area contributed by atoms with Crippen LogP contribution in [-0.4, -0.2) is 5.75 Å². The van der Waals surface area contributed by atoms with Crippen molar-refractivity contribution in [3.63, 3.8) is 0 Å². The van der Waals surface area contributed by atoms with E-state index in [2.05, 4.69) is 32.5 Å². The average Bonchev–Trinajstić information content (AvgIpc) is 2.61. The van der Waals surface area contributed by atoms with Crippen molar-refractivity contribution >= 4 is 31.3 Å². The smallest absolute Gasteiger partial charge is 0.0484 e. The fraction of sp³-hybridized carbons (Fsp3) is 0.786. The molecule has 0 saturated carbocycles. The molecule has 0 fully saturated rings. The van der Waals surface area contributed by atoms with Crippen molar-refractivity contribution in [3.8, 4) is 0 Å². The van der Waals surface area contributed by atoms with E-state index in [1.165, 1.54) is 63.8 Å². The highest BCUT2D eigenvalue weighted by atomic mass is 32.2. The third-order valence-corrected chi connectivity index (χ3v) is 7.07. The van der Waals surface area contributed by atoms with Crippen molar-refractivity contribution in [1.82, 2.24) is 0 Å². The second-order valence-electron chi connectivity index (χ2n) is 4.56. The number of aryl methyl sites for hydroxylation is 2. The molecule has 1 aromatic rings. The molecule has 0 spiro atoms. The van der Waals surface area contributed by atoms with Crippen LogP contribution in [0.2, 0.25) is 0 Å². The molecule has 17 heavy (non-hydrogen) atoms. The summed E-state index contributed by atoms with van der Waals surface area (Å²) in [6.45, 7) is 6.79. The van der Waals surface area contributed by atoms with Gasteiger partial charge in [-0.1, -0.05) is 45.4 Å². The third kappa shape index (κ3) is 6.84. The Hall–Kier alpha value is 0.480. The summed E-state index contributed by atoms with van der Waals surface area (Å²) in [7, 11) is 1.48. The first-order valence-electron chi connectivity index (χ1n) is 6.81. The lowest BCUT2D eigenvalue weighted by Gasteiger charge is -2.01. The van der Waals surface area contributed by atoms with Crippen LogP contribution < -0.4 is 0 Å². The van der Waals surface area contributed by atoms with Crippen molar-refractivity contribution < 1.29 is 0 Å². The molecule has 0 atom stereocenters. The fourth-order valence-corrected chi connectivity index (χ4v) is 6.15. The van der Waals surface area contributed by atoms with Gasteiger partial charge in [0.2, 0.25) is 0 Å². The van der Waals surface area contributed by atoms with Gasteiger partial charge in [-0.2, -0.15) is 0 Å². The van der Waals surface area contributed by atoms with Crippen LogP contribution >= 0.6 is 31.3 Å². The Morgan fingerprint density at radius 3 is 2.24 bits per heavy atom. The van der Waals surface area contributed by atoms with E-state index in [9.17, 15) is 0 Å². The number of thioether (sulfide) groups is 1. The molecule has 0 bridgehead atoms. The van der Waals surface area contributed by atoms with Gasteiger partial charge in [0.05, 0.1) is 0 Å². The molecule has 0 radical (unpaired) electrons. The lowest BCUT2D eigenvalue weighted by Crippen LogP contribution is -1.82. The average molecular weight is 288 g/mol. The minimum absolute atomic E-state index is 1.32. The summed E-state index contributed by atoms with van der Waals surface area (Å²) in [4.78, 5) is 1.54. The first-order valence-corrected chi connectivity index (χ1v) is 9.50. The summed E-state index contributed by atoms with van der Waals surface area (Å²) in [6, 6.07) is 0. The molecule has 0 nitrogen and oxygen atoms in total. The van der Waals surface area contributed by atoms with Gasteiger partial charge in [-0.3, -0.25) is 0 Å². The van der Waals surface area contributed by atoms with Gasteiger partial charge in [-0.05, 0) is 34.2 Å². The van der Waals surface area contributed by atoms with Crippen LogP contribution in [0.3, 0.4) is 0 Å². The molecule has 1 aromatic heterocycles. The SMILES string of the molecule is CCCCCCCCCSc1pc(C)sc1C.